The molecule has 0 unspecified atom stereocenters. The highest BCUT2D eigenvalue weighted by Gasteiger charge is 2.15. The standard InChI is InChI=1S/C27H21N3O3S/c1-33-22-10-6-9-20(15-22)27-29-24-16-21(18-11-13-23(14-12-18)34(2,31)32)17-28-26(24)25(30-27)19-7-4-3-5-8-19/h3-17H,1-2H3. The number of hydrogen-bond acceptors (Lipinski definition) is 6. The molecule has 0 saturated carbocycles. The number of fused-ring (bicyclic) bond motifs is 1. The van der Waals surface area contributed by atoms with E-state index < -0.39 is 9.84 Å². The molecule has 5 aromatic rings. The van der Waals surface area contributed by atoms with Crippen molar-refractivity contribution in [1.82, 2.24) is 15.0 Å². The molecule has 0 fully saturated rings. The lowest BCUT2D eigenvalue weighted by Gasteiger charge is -2.11. The largest absolute Gasteiger partial charge is 0.497 e. The van der Waals surface area contributed by atoms with Crippen LogP contribution in [0, 0.1) is 0 Å². The molecule has 2 aromatic heterocycles. The van der Waals surface area contributed by atoms with Gasteiger partial charge in [0.1, 0.15) is 17.0 Å². The summed E-state index contributed by atoms with van der Waals surface area (Å²) < 4.78 is 29.0. The van der Waals surface area contributed by atoms with Crippen LogP contribution in [-0.4, -0.2) is 36.7 Å². The predicted molar refractivity (Wildman–Crippen MR) is 133 cm³/mol. The van der Waals surface area contributed by atoms with Gasteiger partial charge in [-0.3, -0.25) is 4.98 Å². The SMILES string of the molecule is COc1cccc(-c2nc(-c3ccccc3)c3ncc(-c4ccc(S(C)(=O)=O)cc4)cc3n2)c1. The molecule has 0 radical (unpaired) electrons. The minimum Gasteiger partial charge on any atom is -0.497 e. The number of pyridine rings is 1. The number of nitrogens with zero attached hydrogens (tertiary/aromatic N) is 3. The van der Waals surface area contributed by atoms with Crippen LogP contribution < -0.4 is 4.74 Å². The average Bonchev–Trinajstić information content (AvgIpc) is 2.88. The maximum absolute atomic E-state index is 11.8. The van der Waals surface area contributed by atoms with E-state index >= 15 is 0 Å². The first-order valence-corrected chi connectivity index (χ1v) is 12.5. The van der Waals surface area contributed by atoms with Gasteiger partial charge in [0.15, 0.2) is 15.7 Å². The Balaban J connectivity index is 1.70. The van der Waals surface area contributed by atoms with Gasteiger partial charge in [0.2, 0.25) is 0 Å². The summed E-state index contributed by atoms with van der Waals surface area (Å²) in [6.07, 6.45) is 2.96. The fourth-order valence-electron chi connectivity index (χ4n) is 3.76. The van der Waals surface area contributed by atoms with E-state index in [0.717, 1.165) is 33.7 Å². The number of methoxy groups -OCH3 is 1. The zero-order chi connectivity index (χ0) is 23.7. The lowest BCUT2D eigenvalue weighted by Crippen LogP contribution is -1.98. The molecular weight excluding hydrogens is 446 g/mol. The Labute approximate surface area is 197 Å². The van der Waals surface area contributed by atoms with E-state index in [0.29, 0.717) is 16.9 Å². The van der Waals surface area contributed by atoms with Gasteiger partial charge in [-0.2, -0.15) is 0 Å². The van der Waals surface area contributed by atoms with Crippen LogP contribution in [0.3, 0.4) is 0 Å². The minimum absolute atomic E-state index is 0.277. The van der Waals surface area contributed by atoms with Crippen LogP contribution in [0.1, 0.15) is 0 Å². The predicted octanol–water partition coefficient (Wildman–Crippen LogP) is 5.44. The molecule has 34 heavy (non-hydrogen) atoms. The van der Waals surface area contributed by atoms with E-state index in [9.17, 15) is 8.42 Å². The topological polar surface area (TPSA) is 82.0 Å². The second-order valence-electron chi connectivity index (χ2n) is 7.88. The molecule has 5 rings (SSSR count). The molecule has 0 atom stereocenters. The Morgan fingerprint density at radius 1 is 0.735 bits per heavy atom. The fraction of sp³-hybridized carbons (Fsp3) is 0.0741. The Bertz CT molecular complexity index is 1600. The molecule has 0 amide bonds. The normalized spacial score (nSPS) is 11.5. The number of rotatable bonds is 5. The summed E-state index contributed by atoms with van der Waals surface area (Å²) >= 11 is 0. The summed E-state index contributed by atoms with van der Waals surface area (Å²) in [5.41, 5.74) is 5.58. The van der Waals surface area contributed by atoms with Crippen LogP contribution >= 0.6 is 0 Å². The van der Waals surface area contributed by atoms with Crippen molar-refractivity contribution in [1.29, 1.82) is 0 Å². The summed E-state index contributed by atoms with van der Waals surface area (Å²) in [5.74, 6) is 1.29. The van der Waals surface area contributed by atoms with Crippen molar-refractivity contribution in [3.8, 4) is 39.5 Å². The lowest BCUT2D eigenvalue weighted by molar-refractivity contribution is 0.415. The molecule has 168 valence electrons. The van der Waals surface area contributed by atoms with Crippen molar-refractivity contribution in [2.24, 2.45) is 0 Å². The monoisotopic (exact) mass is 467 g/mol. The van der Waals surface area contributed by atoms with Gasteiger partial charge in [-0.05, 0) is 35.9 Å². The minimum atomic E-state index is -3.26. The number of aromatic nitrogens is 3. The van der Waals surface area contributed by atoms with Crippen LogP contribution in [0.15, 0.2) is 96.0 Å². The number of benzene rings is 3. The lowest BCUT2D eigenvalue weighted by atomic mass is 10.0. The van der Waals surface area contributed by atoms with Crippen molar-refractivity contribution in [2.75, 3.05) is 13.4 Å². The van der Waals surface area contributed by atoms with Crippen molar-refractivity contribution < 1.29 is 13.2 Å². The molecule has 0 aliphatic rings. The quantitative estimate of drug-likeness (QED) is 0.342. The van der Waals surface area contributed by atoms with E-state index in [1.54, 1.807) is 37.6 Å². The third-order valence-electron chi connectivity index (χ3n) is 5.53. The third kappa shape index (κ3) is 4.25. The van der Waals surface area contributed by atoms with Crippen molar-refractivity contribution >= 4 is 20.9 Å². The smallest absolute Gasteiger partial charge is 0.175 e. The van der Waals surface area contributed by atoms with Crippen LogP contribution in [0.2, 0.25) is 0 Å². The summed E-state index contributed by atoms with van der Waals surface area (Å²) in [5, 5.41) is 0. The van der Waals surface area contributed by atoms with E-state index in [2.05, 4.69) is 0 Å². The van der Waals surface area contributed by atoms with E-state index in [1.807, 2.05) is 60.7 Å². The second-order valence-corrected chi connectivity index (χ2v) is 9.90. The second kappa shape index (κ2) is 8.68. The van der Waals surface area contributed by atoms with Crippen LogP contribution in [-0.2, 0) is 9.84 Å². The molecule has 2 heterocycles. The first-order valence-electron chi connectivity index (χ1n) is 10.6. The Morgan fingerprint density at radius 3 is 2.18 bits per heavy atom. The van der Waals surface area contributed by atoms with Crippen molar-refractivity contribution in [3.05, 3.63) is 91.1 Å². The van der Waals surface area contributed by atoms with Gasteiger partial charge in [0.25, 0.3) is 0 Å². The third-order valence-corrected chi connectivity index (χ3v) is 6.66. The zero-order valence-corrected chi connectivity index (χ0v) is 19.5. The molecule has 0 spiro atoms. The Morgan fingerprint density at radius 2 is 1.47 bits per heavy atom. The maximum Gasteiger partial charge on any atom is 0.175 e. The highest BCUT2D eigenvalue weighted by molar-refractivity contribution is 7.90. The summed E-state index contributed by atoms with van der Waals surface area (Å²) in [7, 11) is -1.64. The number of hydrogen-bond donors (Lipinski definition) is 0. The molecular formula is C27H21N3O3S. The van der Waals surface area contributed by atoms with Crippen molar-refractivity contribution in [2.45, 2.75) is 4.90 Å². The van der Waals surface area contributed by atoms with E-state index in [1.165, 1.54) is 6.26 Å². The Hall–Kier alpha value is -4.10. The summed E-state index contributed by atoms with van der Waals surface area (Å²) in [4.78, 5) is 14.7. The first kappa shape index (κ1) is 21.7. The van der Waals surface area contributed by atoms with Gasteiger partial charge in [-0.1, -0.05) is 54.6 Å². The summed E-state index contributed by atoms with van der Waals surface area (Å²) in [6.45, 7) is 0. The van der Waals surface area contributed by atoms with Crippen molar-refractivity contribution in [3.63, 3.8) is 0 Å². The zero-order valence-electron chi connectivity index (χ0n) is 18.6. The molecule has 0 saturated heterocycles. The highest BCUT2D eigenvalue weighted by Crippen LogP contribution is 2.31. The fourth-order valence-corrected chi connectivity index (χ4v) is 4.39. The molecule has 0 aliphatic carbocycles. The van der Waals surface area contributed by atoms with E-state index in [4.69, 9.17) is 19.7 Å². The number of sulfone groups is 1. The molecule has 7 heteroatoms. The molecule has 6 nitrogen and oxygen atoms in total. The van der Waals surface area contributed by atoms with Gasteiger partial charge in [0.05, 0.1) is 17.5 Å². The number of ether oxygens (including phenoxy) is 1. The maximum atomic E-state index is 11.8. The van der Waals surface area contributed by atoms with Gasteiger partial charge in [-0.15, -0.1) is 0 Å². The summed E-state index contributed by atoms with van der Waals surface area (Å²) in [6, 6.07) is 26.2. The molecule has 0 aliphatic heterocycles. The van der Waals surface area contributed by atoms with Gasteiger partial charge >= 0.3 is 0 Å². The van der Waals surface area contributed by atoms with Gasteiger partial charge in [0, 0.05) is 29.1 Å². The molecule has 3 aromatic carbocycles. The highest BCUT2D eigenvalue weighted by atomic mass is 32.2. The Kier molecular flexibility index (Phi) is 5.55. The molecule has 0 bridgehead atoms. The van der Waals surface area contributed by atoms with Crippen LogP contribution in [0.4, 0.5) is 0 Å². The first-order chi connectivity index (χ1) is 16.4. The van der Waals surface area contributed by atoms with Gasteiger partial charge in [-0.25, -0.2) is 18.4 Å². The molecule has 0 N–H and O–H groups in total. The average molecular weight is 468 g/mol. The van der Waals surface area contributed by atoms with Crippen LogP contribution in [0.5, 0.6) is 5.75 Å². The van der Waals surface area contributed by atoms with Crippen LogP contribution in [0.25, 0.3) is 44.8 Å². The van der Waals surface area contributed by atoms with Gasteiger partial charge < -0.3 is 4.74 Å². The van der Waals surface area contributed by atoms with E-state index in [-0.39, 0.29) is 4.90 Å².